The normalized spacial score (nSPS) is 17.5. The van der Waals surface area contributed by atoms with Gasteiger partial charge in [0.2, 0.25) is 5.91 Å². The van der Waals surface area contributed by atoms with Gasteiger partial charge in [-0.3, -0.25) is 4.79 Å². The number of rotatable bonds is 2. The molecule has 62 valence electrons. The summed E-state index contributed by atoms with van der Waals surface area (Å²) in [6.45, 7) is -0.0383. The van der Waals surface area contributed by atoms with Gasteiger partial charge in [0, 0.05) is 0 Å². The fourth-order valence-electron chi connectivity index (χ4n) is 0.708. The Morgan fingerprint density at radius 3 is 2.55 bits per heavy atom. The number of hydrogen-bond acceptors (Lipinski definition) is 3. The smallest absolute Gasteiger partial charge is 0.234 e. The molecule has 0 aliphatic heterocycles. The second kappa shape index (κ2) is 3.56. The molecule has 0 spiro atoms. The van der Waals surface area contributed by atoms with Crippen LogP contribution in [-0.4, -0.2) is 18.0 Å². The van der Waals surface area contributed by atoms with Crippen LogP contribution >= 0.6 is 12.4 Å². The number of hydrogen-bond donors (Lipinski definition) is 2. The first-order chi connectivity index (χ1) is 4.72. The predicted octanol–water partition coefficient (Wildman–Crippen LogP) is -0.461. The lowest BCUT2D eigenvalue weighted by molar-refractivity contribution is -0.120. The molecule has 0 unspecified atom stereocenters. The van der Waals surface area contributed by atoms with E-state index in [0.29, 0.717) is 0 Å². The van der Waals surface area contributed by atoms with Crippen molar-refractivity contribution >= 4 is 18.3 Å². The third-order valence-electron chi connectivity index (χ3n) is 1.53. The van der Waals surface area contributed by atoms with Crippen LogP contribution in [-0.2, 0) is 4.79 Å². The zero-order valence-corrected chi connectivity index (χ0v) is 6.78. The first-order valence-electron chi connectivity index (χ1n) is 3.15. The largest absolute Gasteiger partial charge is 0.337 e. The van der Waals surface area contributed by atoms with E-state index in [4.69, 9.17) is 11.0 Å². The molecule has 1 rings (SSSR count). The molecule has 1 aliphatic rings. The Morgan fingerprint density at radius 2 is 2.27 bits per heavy atom. The standard InChI is InChI=1S/C6H9N3O.ClH/c7-3-5(10)9-6(4-8)1-2-6;/h1-3,7H2,(H,9,10);1H. The average Bonchev–Trinajstić information content (AvgIpc) is 2.70. The van der Waals surface area contributed by atoms with Crippen molar-refractivity contribution in [3.8, 4) is 6.07 Å². The van der Waals surface area contributed by atoms with E-state index in [1.807, 2.05) is 6.07 Å². The molecule has 1 saturated carbocycles. The Balaban J connectivity index is 0.000001000. The number of nitrogens with one attached hydrogen (secondary N) is 1. The lowest BCUT2D eigenvalue weighted by atomic mass is 10.3. The molecule has 0 bridgehead atoms. The minimum absolute atomic E-state index is 0. The molecule has 0 saturated heterocycles. The van der Waals surface area contributed by atoms with Crippen LogP contribution in [0.25, 0.3) is 0 Å². The van der Waals surface area contributed by atoms with Crippen LogP contribution in [0.3, 0.4) is 0 Å². The van der Waals surface area contributed by atoms with E-state index in [0.717, 1.165) is 12.8 Å². The number of nitriles is 1. The van der Waals surface area contributed by atoms with Crippen LogP contribution in [0.5, 0.6) is 0 Å². The number of amides is 1. The van der Waals surface area contributed by atoms with Gasteiger partial charge in [-0.2, -0.15) is 5.26 Å². The summed E-state index contributed by atoms with van der Waals surface area (Å²) in [4.78, 5) is 10.6. The van der Waals surface area contributed by atoms with Gasteiger partial charge in [-0.15, -0.1) is 12.4 Å². The SMILES string of the molecule is Cl.N#CC1(NC(=O)CN)CC1. The lowest BCUT2D eigenvalue weighted by Gasteiger charge is -2.05. The number of nitrogens with zero attached hydrogens (tertiary/aromatic N) is 1. The van der Waals surface area contributed by atoms with Gasteiger partial charge >= 0.3 is 0 Å². The van der Waals surface area contributed by atoms with Crippen LogP contribution in [0.1, 0.15) is 12.8 Å². The Morgan fingerprint density at radius 1 is 1.73 bits per heavy atom. The van der Waals surface area contributed by atoms with Crippen molar-refractivity contribution in [1.82, 2.24) is 5.32 Å². The van der Waals surface area contributed by atoms with Crippen LogP contribution in [0.15, 0.2) is 0 Å². The molecule has 0 radical (unpaired) electrons. The average molecular weight is 176 g/mol. The molecular weight excluding hydrogens is 166 g/mol. The van der Waals surface area contributed by atoms with Crippen LogP contribution < -0.4 is 11.1 Å². The van der Waals surface area contributed by atoms with E-state index < -0.39 is 5.54 Å². The maximum Gasteiger partial charge on any atom is 0.234 e. The Kier molecular flexibility index (Phi) is 3.30. The van der Waals surface area contributed by atoms with E-state index in [9.17, 15) is 4.79 Å². The maximum atomic E-state index is 10.6. The molecule has 1 aliphatic carbocycles. The van der Waals surface area contributed by atoms with Crippen LogP contribution in [0, 0.1) is 11.3 Å². The lowest BCUT2D eigenvalue weighted by Crippen LogP contribution is -2.39. The highest BCUT2D eigenvalue weighted by molar-refractivity contribution is 5.85. The van der Waals surface area contributed by atoms with Gasteiger partial charge in [0.25, 0.3) is 0 Å². The zero-order chi connectivity index (χ0) is 7.61. The van der Waals surface area contributed by atoms with Gasteiger partial charge in [-0.1, -0.05) is 0 Å². The number of carbonyl (C=O) groups is 1. The van der Waals surface area contributed by atoms with Crippen molar-refractivity contribution in [2.24, 2.45) is 5.73 Å². The van der Waals surface area contributed by atoms with Gasteiger partial charge < -0.3 is 11.1 Å². The summed E-state index contributed by atoms with van der Waals surface area (Å²) in [6, 6.07) is 2.03. The molecule has 1 amide bonds. The van der Waals surface area contributed by atoms with Gasteiger partial charge in [-0.25, -0.2) is 0 Å². The fraction of sp³-hybridized carbons (Fsp3) is 0.667. The third kappa shape index (κ3) is 2.37. The van der Waals surface area contributed by atoms with E-state index >= 15 is 0 Å². The molecule has 11 heavy (non-hydrogen) atoms. The second-order valence-corrected chi connectivity index (χ2v) is 2.45. The van der Waals surface area contributed by atoms with E-state index in [1.165, 1.54) is 0 Å². The third-order valence-corrected chi connectivity index (χ3v) is 1.53. The molecule has 0 heterocycles. The van der Waals surface area contributed by atoms with Crippen molar-refractivity contribution in [3.63, 3.8) is 0 Å². The van der Waals surface area contributed by atoms with Crippen LogP contribution in [0.2, 0.25) is 0 Å². The van der Waals surface area contributed by atoms with Crippen LogP contribution in [0.4, 0.5) is 0 Å². The number of halogens is 1. The summed E-state index contributed by atoms with van der Waals surface area (Å²) in [5.41, 5.74) is 4.48. The van der Waals surface area contributed by atoms with Crippen molar-refractivity contribution in [1.29, 1.82) is 5.26 Å². The van der Waals surface area contributed by atoms with Crippen molar-refractivity contribution in [3.05, 3.63) is 0 Å². The Hall–Kier alpha value is -0.790. The summed E-state index contributed by atoms with van der Waals surface area (Å²) in [5, 5.41) is 11.0. The summed E-state index contributed by atoms with van der Waals surface area (Å²) in [5.74, 6) is -0.251. The van der Waals surface area contributed by atoms with E-state index in [2.05, 4.69) is 5.32 Å². The number of nitrogens with two attached hydrogens (primary N) is 1. The van der Waals surface area contributed by atoms with Crippen molar-refractivity contribution < 1.29 is 4.79 Å². The molecule has 5 heteroatoms. The van der Waals surface area contributed by atoms with E-state index in [-0.39, 0.29) is 24.9 Å². The quantitative estimate of drug-likeness (QED) is 0.596. The highest BCUT2D eigenvalue weighted by atomic mass is 35.5. The van der Waals surface area contributed by atoms with Gasteiger partial charge in [0.1, 0.15) is 5.54 Å². The molecule has 0 aromatic carbocycles. The Bertz CT molecular complexity index is 194. The van der Waals surface area contributed by atoms with E-state index in [1.54, 1.807) is 0 Å². The minimum Gasteiger partial charge on any atom is -0.337 e. The Labute approximate surface area is 71.2 Å². The maximum absolute atomic E-state index is 10.6. The molecule has 0 atom stereocenters. The number of carbonyl (C=O) groups excluding carboxylic acids is 1. The van der Waals surface area contributed by atoms with Crippen molar-refractivity contribution in [2.45, 2.75) is 18.4 Å². The summed E-state index contributed by atoms with van der Waals surface area (Å²) in [7, 11) is 0. The first-order valence-corrected chi connectivity index (χ1v) is 3.15. The first kappa shape index (κ1) is 10.2. The molecule has 0 aromatic heterocycles. The van der Waals surface area contributed by atoms with Gasteiger partial charge in [0.15, 0.2) is 0 Å². The topological polar surface area (TPSA) is 78.9 Å². The zero-order valence-electron chi connectivity index (χ0n) is 5.96. The minimum atomic E-state index is -0.559. The second-order valence-electron chi connectivity index (χ2n) is 2.45. The fourth-order valence-corrected chi connectivity index (χ4v) is 0.708. The monoisotopic (exact) mass is 175 g/mol. The summed E-state index contributed by atoms with van der Waals surface area (Å²) < 4.78 is 0. The molecule has 1 fully saturated rings. The summed E-state index contributed by atoms with van der Waals surface area (Å²) in [6.07, 6.45) is 1.52. The highest BCUT2D eigenvalue weighted by Crippen LogP contribution is 2.33. The summed E-state index contributed by atoms with van der Waals surface area (Å²) >= 11 is 0. The molecule has 0 aromatic rings. The highest BCUT2D eigenvalue weighted by Gasteiger charge is 2.44. The molecular formula is C6H10ClN3O. The van der Waals surface area contributed by atoms with Crippen molar-refractivity contribution in [2.75, 3.05) is 6.54 Å². The van der Waals surface area contributed by atoms with Gasteiger partial charge in [0.05, 0.1) is 12.6 Å². The van der Waals surface area contributed by atoms with Gasteiger partial charge in [-0.05, 0) is 12.8 Å². The molecule has 3 N–H and O–H groups in total. The molecule has 4 nitrogen and oxygen atoms in total. The predicted molar refractivity (Wildman–Crippen MR) is 42.0 cm³/mol.